The average Bonchev–Trinajstić information content (AvgIpc) is 2.31. The Kier molecular flexibility index (Phi) is 5.77. The van der Waals surface area contributed by atoms with Crippen molar-refractivity contribution >= 4 is 5.69 Å². The zero-order chi connectivity index (χ0) is 12.7. The predicted molar refractivity (Wildman–Crippen MR) is 72.1 cm³/mol. The molecule has 0 radical (unpaired) electrons. The molecule has 0 bridgehead atoms. The summed E-state index contributed by atoms with van der Waals surface area (Å²) in [6, 6.07) is 3.17. The SMILES string of the molecule is CCCCN(C)CCCn1cc(N)ccc1=O. The molecule has 0 aliphatic carbocycles. The van der Waals surface area contributed by atoms with Crippen LogP contribution in [0.5, 0.6) is 0 Å². The molecule has 1 aromatic heterocycles. The van der Waals surface area contributed by atoms with Crippen molar-refractivity contribution in [2.75, 3.05) is 25.9 Å². The molecule has 4 nitrogen and oxygen atoms in total. The molecule has 17 heavy (non-hydrogen) atoms. The van der Waals surface area contributed by atoms with Crippen molar-refractivity contribution in [1.82, 2.24) is 9.47 Å². The quantitative estimate of drug-likeness (QED) is 0.783. The molecule has 0 atom stereocenters. The Labute approximate surface area is 103 Å². The van der Waals surface area contributed by atoms with E-state index in [-0.39, 0.29) is 5.56 Å². The van der Waals surface area contributed by atoms with E-state index in [4.69, 9.17) is 5.73 Å². The molecule has 2 N–H and O–H groups in total. The normalized spacial score (nSPS) is 11.0. The Morgan fingerprint density at radius 2 is 2.00 bits per heavy atom. The third-order valence-corrected chi connectivity index (χ3v) is 2.84. The summed E-state index contributed by atoms with van der Waals surface area (Å²) in [7, 11) is 2.12. The molecule has 1 aromatic rings. The zero-order valence-corrected chi connectivity index (χ0v) is 10.9. The molecule has 4 heteroatoms. The summed E-state index contributed by atoms with van der Waals surface area (Å²) in [5, 5.41) is 0. The Morgan fingerprint density at radius 1 is 1.29 bits per heavy atom. The fourth-order valence-electron chi connectivity index (χ4n) is 1.78. The van der Waals surface area contributed by atoms with Crippen LogP contribution in [0.1, 0.15) is 26.2 Å². The Morgan fingerprint density at radius 3 is 2.71 bits per heavy atom. The fourth-order valence-corrected chi connectivity index (χ4v) is 1.78. The number of unbranched alkanes of at least 4 members (excludes halogenated alkanes) is 1. The van der Waals surface area contributed by atoms with E-state index in [1.165, 1.54) is 18.9 Å². The lowest BCUT2D eigenvalue weighted by Crippen LogP contribution is -2.24. The van der Waals surface area contributed by atoms with Gasteiger partial charge in [0.1, 0.15) is 0 Å². The summed E-state index contributed by atoms with van der Waals surface area (Å²) in [4.78, 5) is 13.8. The molecule has 0 amide bonds. The molecule has 0 spiro atoms. The zero-order valence-electron chi connectivity index (χ0n) is 10.9. The molecular formula is C13H23N3O. The number of nitrogen functional groups attached to an aromatic ring is 1. The van der Waals surface area contributed by atoms with Gasteiger partial charge in [-0.3, -0.25) is 4.79 Å². The first kappa shape index (κ1) is 13.8. The van der Waals surface area contributed by atoms with Crippen molar-refractivity contribution in [3.8, 4) is 0 Å². The van der Waals surface area contributed by atoms with Crippen molar-refractivity contribution < 1.29 is 0 Å². The van der Waals surface area contributed by atoms with Gasteiger partial charge in [0.15, 0.2) is 0 Å². The molecule has 1 rings (SSSR count). The lowest BCUT2D eigenvalue weighted by molar-refractivity contribution is 0.315. The number of hydrogen-bond acceptors (Lipinski definition) is 3. The monoisotopic (exact) mass is 237 g/mol. The minimum absolute atomic E-state index is 0.0235. The first-order valence-electron chi connectivity index (χ1n) is 6.28. The lowest BCUT2D eigenvalue weighted by atomic mass is 10.3. The second kappa shape index (κ2) is 7.12. The number of nitrogens with two attached hydrogens (primary N) is 1. The molecule has 1 heterocycles. The smallest absolute Gasteiger partial charge is 0.250 e. The van der Waals surface area contributed by atoms with Crippen LogP contribution in [-0.2, 0) is 6.54 Å². The number of aryl methyl sites for hydroxylation is 1. The van der Waals surface area contributed by atoms with Crippen molar-refractivity contribution in [3.05, 3.63) is 28.7 Å². The molecule has 96 valence electrons. The van der Waals surface area contributed by atoms with E-state index in [1.54, 1.807) is 16.8 Å². The number of anilines is 1. The van der Waals surface area contributed by atoms with Crippen LogP contribution in [0.4, 0.5) is 5.69 Å². The van der Waals surface area contributed by atoms with E-state index in [9.17, 15) is 4.79 Å². The summed E-state index contributed by atoms with van der Waals surface area (Å²) >= 11 is 0. The maximum absolute atomic E-state index is 11.5. The van der Waals surface area contributed by atoms with E-state index in [0.717, 1.165) is 26.1 Å². The van der Waals surface area contributed by atoms with Gasteiger partial charge in [0, 0.05) is 24.5 Å². The summed E-state index contributed by atoms with van der Waals surface area (Å²) in [6.07, 6.45) is 5.14. The maximum atomic E-state index is 11.5. The summed E-state index contributed by atoms with van der Waals surface area (Å²) in [5.74, 6) is 0. The third kappa shape index (κ3) is 5.04. The Balaban J connectivity index is 2.35. The number of hydrogen-bond donors (Lipinski definition) is 1. The largest absolute Gasteiger partial charge is 0.398 e. The Bertz CT molecular complexity index is 386. The molecular weight excluding hydrogens is 214 g/mol. The van der Waals surface area contributed by atoms with Crippen molar-refractivity contribution in [3.63, 3.8) is 0 Å². The van der Waals surface area contributed by atoms with Crippen LogP contribution < -0.4 is 11.3 Å². The highest BCUT2D eigenvalue weighted by Gasteiger charge is 1.99. The predicted octanol–water partition coefficient (Wildman–Crippen LogP) is 1.55. The topological polar surface area (TPSA) is 51.3 Å². The first-order chi connectivity index (χ1) is 8.13. The van der Waals surface area contributed by atoms with Gasteiger partial charge in [0.2, 0.25) is 0 Å². The fraction of sp³-hybridized carbons (Fsp3) is 0.615. The van der Waals surface area contributed by atoms with E-state index >= 15 is 0 Å². The highest BCUT2D eigenvalue weighted by Crippen LogP contribution is 1.98. The minimum atomic E-state index is 0.0235. The number of pyridine rings is 1. The van der Waals surface area contributed by atoms with Gasteiger partial charge in [-0.15, -0.1) is 0 Å². The van der Waals surface area contributed by atoms with E-state index in [1.807, 2.05) is 0 Å². The van der Waals surface area contributed by atoms with Crippen LogP contribution in [0.3, 0.4) is 0 Å². The van der Waals surface area contributed by atoms with Gasteiger partial charge in [0.05, 0.1) is 0 Å². The van der Waals surface area contributed by atoms with Gasteiger partial charge >= 0.3 is 0 Å². The van der Waals surface area contributed by atoms with Crippen LogP contribution >= 0.6 is 0 Å². The van der Waals surface area contributed by atoms with Crippen LogP contribution in [0, 0.1) is 0 Å². The van der Waals surface area contributed by atoms with Crippen molar-refractivity contribution in [2.24, 2.45) is 0 Å². The second-order valence-corrected chi connectivity index (χ2v) is 4.50. The van der Waals surface area contributed by atoms with E-state index < -0.39 is 0 Å². The highest BCUT2D eigenvalue weighted by molar-refractivity contribution is 5.33. The number of rotatable bonds is 7. The molecule has 0 aromatic carbocycles. The van der Waals surface area contributed by atoms with Gasteiger partial charge in [-0.1, -0.05) is 13.3 Å². The van der Waals surface area contributed by atoms with Crippen molar-refractivity contribution in [1.29, 1.82) is 0 Å². The van der Waals surface area contributed by atoms with Crippen LogP contribution in [0.25, 0.3) is 0 Å². The first-order valence-corrected chi connectivity index (χ1v) is 6.28. The lowest BCUT2D eigenvalue weighted by Gasteiger charge is -2.16. The summed E-state index contributed by atoms with van der Waals surface area (Å²) < 4.78 is 1.68. The maximum Gasteiger partial charge on any atom is 0.250 e. The molecule has 0 saturated carbocycles. The molecule has 0 unspecified atom stereocenters. The number of nitrogens with zero attached hydrogens (tertiary/aromatic N) is 2. The highest BCUT2D eigenvalue weighted by atomic mass is 16.1. The average molecular weight is 237 g/mol. The summed E-state index contributed by atoms with van der Waals surface area (Å²) in [6.45, 7) is 5.07. The van der Waals surface area contributed by atoms with Crippen LogP contribution in [0.15, 0.2) is 23.1 Å². The number of aromatic nitrogens is 1. The van der Waals surface area contributed by atoms with Gasteiger partial charge in [-0.2, -0.15) is 0 Å². The molecule has 0 aliphatic rings. The standard InChI is InChI=1S/C13H23N3O/c1-3-4-8-15(2)9-5-10-16-11-12(14)6-7-13(16)17/h6-7,11H,3-5,8-10,14H2,1-2H3. The Hall–Kier alpha value is -1.29. The summed E-state index contributed by atoms with van der Waals surface area (Å²) in [5.41, 5.74) is 6.32. The van der Waals surface area contributed by atoms with Crippen LogP contribution in [0.2, 0.25) is 0 Å². The van der Waals surface area contributed by atoms with Crippen molar-refractivity contribution in [2.45, 2.75) is 32.7 Å². The van der Waals surface area contributed by atoms with E-state index in [0.29, 0.717) is 5.69 Å². The van der Waals surface area contributed by atoms with Gasteiger partial charge in [0.25, 0.3) is 5.56 Å². The molecule has 0 saturated heterocycles. The van der Waals surface area contributed by atoms with E-state index in [2.05, 4.69) is 18.9 Å². The second-order valence-electron chi connectivity index (χ2n) is 4.50. The van der Waals surface area contributed by atoms with Gasteiger partial charge < -0.3 is 15.2 Å². The molecule has 0 fully saturated rings. The molecule has 0 aliphatic heterocycles. The third-order valence-electron chi connectivity index (χ3n) is 2.84. The van der Waals surface area contributed by atoms with Gasteiger partial charge in [-0.05, 0) is 39.0 Å². The van der Waals surface area contributed by atoms with Crippen LogP contribution in [-0.4, -0.2) is 29.6 Å². The minimum Gasteiger partial charge on any atom is -0.398 e. The van der Waals surface area contributed by atoms with Gasteiger partial charge in [-0.25, -0.2) is 0 Å².